The van der Waals surface area contributed by atoms with E-state index in [-0.39, 0.29) is 11.9 Å². The Morgan fingerprint density at radius 3 is 2.73 bits per heavy atom. The number of hydrogen-bond donors (Lipinski definition) is 2. The smallest absolute Gasteiger partial charge is 0.220 e. The quantitative estimate of drug-likeness (QED) is 0.844. The summed E-state index contributed by atoms with van der Waals surface area (Å²) in [6, 6.07) is 7.56. The molecule has 2 rings (SSSR count). The Bertz CT molecular complexity index is 639. The van der Waals surface area contributed by atoms with Crippen molar-refractivity contribution in [2.45, 2.75) is 32.7 Å². The van der Waals surface area contributed by atoms with Crippen LogP contribution in [0.25, 0.3) is 10.6 Å². The highest BCUT2D eigenvalue weighted by atomic mass is 35.5. The number of benzene rings is 1. The van der Waals surface area contributed by atoms with Crippen LogP contribution in [-0.2, 0) is 4.79 Å². The minimum absolute atomic E-state index is 0.0267. The molecule has 0 radical (unpaired) electrons. The molecule has 1 aromatic heterocycles. The average Bonchev–Trinajstić information content (AvgIpc) is 2.88. The number of amides is 1. The van der Waals surface area contributed by atoms with Gasteiger partial charge < -0.3 is 11.1 Å². The number of hydrogen-bond acceptors (Lipinski definition) is 4. The molecule has 1 heterocycles. The van der Waals surface area contributed by atoms with E-state index in [1.807, 2.05) is 38.1 Å². The molecule has 3 N–H and O–H groups in total. The highest BCUT2D eigenvalue weighted by Crippen LogP contribution is 2.32. The predicted octanol–water partition coefficient (Wildman–Crippen LogP) is 3.69. The summed E-state index contributed by atoms with van der Waals surface area (Å²) in [4.78, 5) is 17.5. The van der Waals surface area contributed by atoms with Crippen molar-refractivity contribution in [2.24, 2.45) is 5.73 Å². The number of thiazole rings is 1. The van der Waals surface area contributed by atoms with E-state index in [4.69, 9.17) is 17.3 Å². The fourth-order valence-corrected chi connectivity index (χ4v) is 3.37. The van der Waals surface area contributed by atoms with E-state index in [2.05, 4.69) is 10.3 Å². The second kappa shape index (κ2) is 7.72. The number of carbonyl (C=O) groups is 1. The van der Waals surface area contributed by atoms with E-state index in [0.717, 1.165) is 21.1 Å². The molecule has 118 valence electrons. The summed E-state index contributed by atoms with van der Waals surface area (Å²) in [7, 11) is 0. The minimum atomic E-state index is -0.0520. The van der Waals surface area contributed by atoms with Crippen molar-refractivity contribution in [2.75, 3.05) is 6.54 Å². The predicted molar refractivity (Wildman–Crippen MR) is 92.1 cm³/mol. The molecule has 4 nitrogen and oxygen atoms in total. The summed E-state index contributed by atoms with van der Waals surface area (Å²) in [5, 5.41) is 4.64. The molecule has 0 bridgehead atoms. The molecule has 0 saturated carbocycles. The highest BCUT2D eigenvalue weighted by molar-refractivity contribution is 7.15. The zero-order chi connectivity index (χ0) is 16.1. The van der Waals surface area contributed by atoms with Crippen LogP contribution in [0.5, 0.6) is 0 Å². The minimum Gasteiger partial charge on any atom is -0.349 e. The van der Waals surface area contributed by atoms with Gasteiger partial charge in [-0.25, -0.2) is 4.98 Å². The number of carbonyl (C=O) groups excluding carboxylic acids is 1. The molecule has 0 aliphatic carbocycles. The van der Waals surface area contributed by atoms with Gasteiger partial charge in [0, 0.05) is 17.0 Å². The highest BCUT2D eigenvalue weighted by Gasteiger charge is 2.17. The van der Waals surface area contributed by atoms with E-state index in [1.165, 1.54) is 0 Å². The van der Waals surface area contributed by atoms with Crippen LogP contribution in [-0.4, -0.2) is 17.4 Å². The molecule has 0 aliphatic rings. The monoisotopic (exact) mass is 337 g/mol. The van der Waals surface area contributed by atoms with Gasteiger partial charge in [0.1, 0.15) is 5.01 Å². The molecule has 1 aromatic carbocycles. The van der Waals surface area contributed by atoms with Crippen LogP contribution in [0.3, 0.4) is 0 Å². The number of aryl methyl sites for hydroxylation is 1. The van der Waals surface area contributed by atoms with Crippen molar-refractivity contribution in [1.29, 1.82) is 0 Å². The zero-order valence-electron chi connectivity index (χ0n) is 12.7. The lowest BCUT2D eigenvalue weighted by atomic mass is 10.2. The van der Waals surface area contributed by atoms with E-state index >= 15 is 0 Å². The molecule has 6 heteroatoms. The molecule has 0 fully saturated rings. The fourth-order valence-electron chi connectivity index (χ4n) is 2.17. The summed E-state index contributed by atoms with van der Waals surface area (Å²) < 4.78 is 0. The van der Waals surface area contributed by atoms with Crippen LogP contribution in [0, 0.1) is 6.92 Å². The number of nitrogens with two attached hydrogens (primary N) is 1. The molecule has 2 aromatic rings. The maximum absolute atomic E-state index is 11.8. The molecular weight excluding hydrogens is 318 g/mol. The van der Waals surface area contributed by atoms with E-state index in [0.29, 0.717) is 24.4 Å². The molecule has 22 heavy (non-hydrogen) atoms. The van der Waals surface area contributed by atoms with Gasteiger partial charge in [-0.3, -0.25) is 4.79 Å². The largest absolute Gasteiger partial charge is 0.349 e. The third kappa shape index (κ3) is 4.29. The van der Waals surface area contributed by atoms with E-state index in [9.17, 15) is 4.79 Å². The molecular formula is C16H20ClN3OS. The maximum Gasteiger partial charge on any atom is 0.220 e. The van der Waals surface area contributed by atoms with Gasteiger partial charge >= 0.3 is 0 Å². The lowest BCUT2D eigenvalue weighted by Gasteiger charge is -2.12. The SMILES string of the molecule is Cc1nc(-c2ccc(Cl)cc2)sc1C(C)NC(=O)CCCN. The number of nitrogens with one attached hydrogen (secondary N) is 1. The van der Waals surface area contributed by atoms with Crippen LogP contribution in [0.2, 0.25) is 5.02 Å². The summed E-state index contributed by atoms with van der Waals surface area (Å²) in [5.74, 6) is 0.0267. The topological polar surface area (TPSA) is 68.0 Å². The third-order valence-electron chi connectivity index (χ3n) is 3.30. The van der Waals surface area contributed by atoms with Crippen LogP contribution in [0.1, 0.15) is 36.4 Å². The van der Waals surface area contributed by atoms with Crippen molar-refractivity contribution >= 4 is 28.8 Å². The first kappa shape index (κ1) is 16.9. The number of nitrogens with zero attached hydrogens (tertiary/aromatic N) is 1. The Kier molecular flexibility index (Phi) is 5.94. The second-order valence-corrected chi connectivity index (χ2v) is 6.62. The van der Waals surface area contributed by atoms with Gasteiger partial charge in [-0.05, 0) is 38.9 Å². The molecule has 0 spiro atoms. The van der Waals surface area contributed by atoms with Gasteiger partial charge in [0.25, 0.3) is 0 Å². The van der Waals surface area contributed by atoms with Crippen LogP contribution >= 0.6 is 22.9 Å². The van der Waals surface area contributed by atoms with Gasteiger partial charge in [-0.15, -0.1) is 11.3 Å². The normalized spacial score (nSPS) is 12.2. The fraction of sp³-hybridized carbons (Fsp3) is 0.375. The number of halogens is 1. The van der Waals surface area contributed by atoms with Gasteiger partial charge in [0.05, 0.1) is 16.6 Å². The first-order valence-electron chi connectivity index (χ1n) is 7.24. The molecule has 1 unspecified atom stereocenters. The van der Waals surface area contributed by atoms with Crippen LogP contribution in [0.4, 0.5) is 0 Å². The van der Waals surface area contributed by atoms with Crippen LogP contribution in [0.15, 0.2) is 24.3 Å². The lowest BCUT2D eigenvalue weighted by Crippen LogP contribution is -2.26. The van der Waals surface area contributed by atoms with Gasteiger partial charge in [-0.1, -0.05) is 23.7 Å². The Labute approximate surface area is 139 Å². The van der Waals surface area contributed by atoms with Crippen molar-refractivity contribution in [3.05, 3.63) is 39.9 Å². The second-order valence-electron chi connectivity index (χ2n) is 5.16. The Hall–Kier alpha value is -1.43. The first-order chi connectivity index (χ1) is 10.5. The van der Waals surface area contributed by atoms with E-state index in [1.54, 1.807) is 11.3 Å². The number of aromatic nitrogens is 1. The van der Waals surface area contributed by atoms with Gasteiger partial charge in [0.2, 0.25) is 5.91 Å². The molecule has 1 amide bonds. The maximum atomic E-state index is 11.8. The van der Waals surface area contributed by atoms with Crippen molar-refractivity contribution < 1.29 is 4.79 Å². The summed E-state index contributed by atoms with van der Waals surface area (Å²) in [6.45, 7) is 4.47. The van der Waals surface area contributed by atoms with Gasteiger partial charge in [0.15, 0.2) is 0 Å². The molecule has 1 atom stereocenters. The summed E-state index contributed by atoms with van der Waals surface area (Å²) in [6.07, 6.45) is 1.17. The third-order valence-corrected chi connectivity index (χ3v) is 4.94. The summed E-state index contributed by atoms with van der Waals surface area (Å²) >= 11 is 7.51. The Balaban J connectivity index is 2.12. The first-order valence-corrected chi connectivity index (χ1v) is 8.43. The van der Waals surface area contributed by atoms with Crippen LogP contribution < -0.4 is 11.1 Å². The zero-order valence-corrected chi connectivity index (χ0v) is 14.3. The summed E-state index contributed by atoms with van der Waals surface area (Å²) in [5.41, 5.74) is 7.40. The Morgan fingerprint density at radius 2 is 2.09 bits per heavy atom. The Morgan fingerprint density at radius 1 is 1.41 bits per heavy atom. The average molecular weight is 338 g/mol. The molecule has 0 saturated heterocycles. The van der Waals surface area contributed by atoms with Crippen molar-refractivity contribution in [3.63, 3.8) is 0 Å². The van der Waals surface area contributed by atoms with E-state index < -0.39 is 0 Å². The molecule has 0 aliphatic heterocycles. The van der Waals surface area contributed by atoms with Crippen molar-refractivity contribution in [1.82, 2.24) is 10.3 Å². The lowest BCUT2D eigenvalue weighted by molar-refractivity contribution is -0.121. The van der Waals surface area contributed by atoms with Gasteiger partial charge in [-0.2, -0.15) is 0 Å². The standard InChI is InChI=1S/C16H20ClN3OS/c1-10(19-14(21)4-3-9-18)15-11(2)20-16(22-15)12-5-7-13(17)8-6-12/h5-8,10H,3-4,9,18H2,1-2H3,(H,19,21). The van der Waals surface area contributed by atoms with Crippen molar-refractivity contribution in [3.8, 4) is 10.6 Å². The number of rotatable bonds is 6.